The highest BCUT2D eigenvalue weighted by atomic mass is 31.0. The van der Waals surface area contributed by atoms with Gasteiger partial charge in [-0.3, -0.25) is 0 Å². The van der Waals surface area contributed by atoms with Crippen LogP contribution in [0.5, 0.6) is 0 Å². The van der Waals surface area contributed by atoms with E-state index in [1.165, 1.54) is 0 Å². The molecular formula is H18P6. The number of hydrogen-bond donors (Lipinski definition) is 0. The summed E-state index contributed by atoms with van der Waals surface area (Å²) in [5.74, 6) is 0. The van der Waals surface area contributed by atoms with Crippen molar-refractivity contribution >= 4 is 59.4 Å². The molecule has 0 aliphatic rings. The van der Waals surface area contributed by atoms with Crippen molar-refractivity contribution in [3.05, 3.63) is 0 Å². The molecule has 48 valence electrons. The van der Waals surface area contributed by atoms with Crippen LogP contribution in [0, 0.1) is 0 Å². The summed E-state index contributed by atoms with van der Waals surface area (Å²) in [7, 11) is 0. The lowest BCUT2D eigenvalue weighted by atomic mass is 31.0. The number of hydrogen-bond acceptors (Lipinski definition) is 0. The highest BCUT2D eigenvalue weighted by Gasteiger charge is -0.148. The molecule has 0 aliphatic carbocycles. The molecule has 0 aromatic heterocycles. The monoisotopic (exact) mass is 204 g/mol. The molecule has 0 aromatic carbocycles. The van der Waals surface area contributed by atoms with Crippen LogP contribution in [-0.4, -0.2) is 0 Å². The Morgan fingerprint density at radius 2 is 0.167 bits per heavy atom. The Bertz CT molecular complexity index is 0. The molecule has 0 aliphatic heterocycles. The second-order valence-electron chi connectivity index (χ2n) is 0. The largest absolute Gasteiger partial charge is 0.153 e. The SMILES string of the molecule is P.P.P.P.P.P. The van der Waals surface area contributed by atoms with Crippen LogP contribution < -0.4 is 0 Å². The maximum atomic E-state index is 0. The van der Waals surface area contributed by atoms with Gasteiger partial charge in [-0.1, -0.05) is 0 Å². The molecule has 0 radical (unpaired) electrons. The van der Waals surface area contributed by atoms with E-state index in [0.29, 0.717) is 0 Å². The first kappa shape index (κ1) is 74.1. The first-order chi connectivity index (χ1) is 0. The zero-order chi connectivity index (χ0) is 0. The molecule has 0 N–H and O–H groups in total. The Morgan fingerprint density at radius 3 is 0.167 bits per heavy atom. The molecule has 0 saturated heterocycles. The van der Waals surface area contributed by atoms with E-state index in [4.69, 9.17) is 0 Å². The zero-order valence-electron chi connectivity index (χ0n) is 4.24. The van der Waals surface area contributed by atoms with E-state index in [0.717, 1.165) is 0 Å². The Labute approximate surface area is 59.9 Å². The van der Waals surface area contributed by atoms with Gasteiger partial charge in [0.15, 0.2) is 0 Å². The molecule has 6 unspecified atom stereocenters. The highest BCUT2D eigenvalue weighted by molar-refractivity contribution is 6.92. The molecule has 0 rings (SSSR count). The van der Waals surface area contributed by atoms with E-state index in [1.807, 2.05) is 0 Å². The van der Waals surface area contributed by atoms with Crippen molar-refractivity contribution < 1.29 is 0 Å². The molecular weight excluding hydrogens is 186 g/mol. The van der Waals surface area contributed by atoms with E-state index in [-0.39, 0.29) is 59.4 Å². The molecule has 6 heteroatoms. The summed E-state index contributed by atoms with van der Waals surface area (Å²) in [5, 5.41) is 0. The van der Waals surface area contributed by atoms with Gasteiger partial charge >= 0.3 is 0 Å². The van der Waals surface area contributed by atoms with Gasteiger partial charge in [-0.2, -0.15) is 59.4 Å². The molecule has 0 bridgehead atoms. The summed E-state index contributed by atoms with van der Waals surface area (Å²) in [5.41, 5.74) is 0. The minimum Gasteiger partial charge on any atom is -0.153 e. The summed E-state index contributed by atoms with van der Waals surface area (Å²) in [6.45, 7) is 0. The van der Waals surface area contributed by atoms with Gasteiger partial charge in [0.25, 0.3) is 0 Å². The minimum atomic E-state index is 0. The van der Waals surface area contributed by atoms with Gasteiger partial charge in [-0.15, -0.1) is 0 Å². The van der Waals surface area contributed by atoms with E-state index in [2.05, 4.69) is 0 Å². The fraction of sp³-hybridized carbons (Fsp3) is 0. The van der Waals surface area contributed by atoms with Crippen molar-refractivity contribution in [3.63, 3.8) is 0 Å². The van der Waals surface area contributed by atoms with Crippen molar-refractivity contribution in [3.8, 4) is 0 Å². The molecule has 0 nitrogen and oxygen atoms in total. The Kier molecular flexibility index (Phi) is 609. The quantitative estimate of drug-likeness (QED) is 0.499. The van der Waals surface area contributed by atoms with Gasteiger partial charge in [-0.25, -0.2) is 0 Å². The van der Waals surface area contributed by atoms with Crippen molar-refractivity contribution in [2.45, 2.75) is 0 Å². The highest BCUT2D eigenvalue weighted by Crippen LogP contribution is 0.866. The molecule has 0 spiro atoms. The zero-order valence-corrected chi connectivity index (χ0v) is 12.7. The maximum absolute atomic E-state index is 0. The fourth-order valence-electron chi connectivity index (χ4n) is 0. The minimum absolute atomic E-state index is 0. The van der Waals surface area contributed by atoms with Crippen LogP contribution in [0.3, 0.4) is 0 Å². The van der Waals surface area contributed by atoms with Gasteiger partial charge in [-0.05, 0) is 0 Å². The third-order valence-corrected chi connectivity index (χ3v) is 0. The predicted molar refractivity (Wildman–Crippen MR) is 66.6 cm³/mol. The van der Waals surface area contributed by atoms with Gasteiger partial charge in [0.05, 0.1) is 0 Å². The lowest BCUT2D eigenvalue weighted by molar-refractivity contribution is 6.92. The Hall–Kier alpha value is 2.58. The standard InChI is InChI=1S/6H3P/h6*1H3. The van der Waals surface area contributed by atoms with Gasteiger partial charge < -0.3 is 0 Å². The van der Waals surface area contributed by atoms with Crippen LogP contribution >= 0.6 is 59.4 Å². The van der Waals surface area contributed by atoms with Gasteiger partial charge in [0, 0.05) is 0 Å². The van der Waals surface area contributed by atoms with Crippen LogP contribution in [0.2, 0.25) is 0 Å². The van der Waals surface area contributed by atoms with Crippen molar-refractivity contribution in [1.82, 2.24) is 0 Å². The lowest BCUT2D eigenvalue weighted by Gasteiger charge is -0.154. The smallest absolute Gasteiger partial charge is 0.153 e. The summed E-state index contributed by atoms with van der Waals surface area (Å²) >= 11 is 0. The summed E-state index contributed by atoms with van der Waals surface area (Å²) in [4.78, 5) is 0. The van der Waals surface area contributed by atoms with E-state index >= 15 is 0 Å². The Balaban J connectivity index is 0. The van der Waals surface area contributed by atoms with Crippen LogP contribution in [0.1, 0.15) is 0 Å². The van der Waals surface area contributed by atoms with Crippen molar-refractivity contribution in [2.75, 3.05) is 0 Å². The average molecular weight is 204 g/mol. The number of rotatable bonds is 0. The second kappa shape index (κ2) is 49.3. The topological polar surface area (TPSA) is 0 Å². The third kappa shape index (κ3) is 30.8. The third-order valence-electron chi connectivity index (χ3n) is 0. The Morgan fingerprint density at radius 1 is 0.167 bits per heavy atom. The van der Waals surface area contributed by atoms with Crippen LogP contribution in [0.15, 0.2) is 0 Å². The molecule has 0 fully saturated rings. The summed E-state index contributed by atoms with van der Waals surface area (Å²) in [6, 6.07) is 0. The first-order valence-electron chi connectivity index (χ1n) is 0. The van der Waals surface area contributed by atoms with Crippen LogP contribution in [0.4, 0.5) is 0 Å². The molecule has 0 saturated carbocycles. The van der Waals surface area contributed by atoms with E-state index < -0.39 is 0 Å². The van der Waals surface area contributed by atoms with Crippen molar-refractivity contribution in [2.24, 2.45) is 0 Å². The molecule has 0 heterocycles. The van der Waals surface area contributed by atoms with Crippen molar-refractivity contribution in [1.29, 1.82) is 0 Å². The summed E-state index contributed by atoms with van der Waals surface area (Å²) in [6.07, 6.45) is 0. The summed E-state index contributed by atoms with van der Waals surface area (Å²) < 4.78 is 0. The van der Waals surface area contributed by atoms with Gasteiger partial charge in [0.2, 0.25) is 0 Å². The first-order valence-corrected chi connectivity index (χ1v) is 0. The van der Waals surface area contributed by atoms with Crippen LogP contribution in [-0.2, 0) is 0 Å². The normalized spacial score (nSPS) is 0. The molecule has 6 atom stereocenters. The predicted octanol–water partition coefficient (Wildman–Crippen LogP) is 0.349. The van der Waals surface area contributed by atoms with E-state index in [9.17, 15) is 0 Å². The fourth-order valence-corrected chi connectivity index (χ4v) is 0. The van der Waals surface area contributed by atoms with Crippen LogP contribution in [0.25, 0.3) is 0 Å². The molecule has 0 amide bonds. The molecule has 0 aromatic rings. The molecule has 6 heavy (non-hydrogen) atoms. The average Bonchev–Trinajstić information content (AvgIpc) is 0. The van der Waals surface area contributed by atoms with E-state index in [1.54, 1.807) is 0 Å². The lowest BCUT2D eigenvalue weighted by Crippen LogP contribution is 0.860. The second-order valence-corrected chi connectivity index (χ2v) is 0. The van der Waals surface area contributed by atoms with Gasteiger partial charge in [0.1, 0.15) is 0 Å². The maximum Gasteiger partial charge on any atom is -0.153 e.